The Labute approximate surface area is 161 Å². The monoisotopic (exact) mass is 403 g/mol. The van der Waals surface area contributed by atoms with E-state index < -0.39 is 22.6 Å². The van der Waals surface area contributed by atoms with Crippen LogP contribution in [0.2, 0.25) is 0 Å². The van der Waals surface area contributed by atoms with Gasteiger partial charge in [-0.1, -0.05) is 0 Å². The highest BCUT2D eigenvalue weighted by atomic mass is 32.2. The SMILES string of the molecule is CS(=O)(=O)N1CCc2cc(C(=O)COC(=O)c3ccc4c(c3)OCO4)ccc21. The molecule has 146 valence electrons. The topological polar surface area (TPSA) is 99.2 Å². The number of esters is 1. The highest BCUT2D eigenvalue weighted by molar-refractivity contribution is 7.92. The summed E-state index contributed by atoms with van der Waals surface area (Å²) >= 11 is 0. The maximum absolute atomic E-state index is 12.4. The molecule has 0 fully saturated rings. The van der Waals surface area contributed by atoms with Crippen LogP contribution in [0.5, 0.6) is 11.5 Å². The molecule has 2 aliphatic heterocycles. The summed E-state index contributed by atoms with van der Waals surface area (Å²) in [6.07, 6.45) is 1.68. The first kappa shape index (κ1) is 18.3. The minimum Gasteiger partial charge on any atom is -0.454 e. The van der Waals surface area contributed by atoms with Gasteiger partial charge in [-0.3, -0.25) is 9.10 Å². The average Bonchev–Trinajstić information content (AvgIpc) is 3.30. The van der Waals surface area contributed by atoms with Gasteiger partial charge in [0.05, 0.1) is 17.5 Å². The van der Waals surface area contributed by atoms with Crippen molar-refractivity contribution >= 4 is 27.5 Å². The second-order valence-electron chi connectivity index (χ2n) is 6.50. The number of anilines is 1. The van der Waals surface area contributed by atoms with Crippen molar-refractivity contribution < 1.29 is 32.2 Å². The molecule has 0 radical (unpaired) electrons. The van der Waals surface area contributed by atoms with E-state index in [-0.39, 0.29) is 18.1 Å². The van der Waals surface area contributed by atoms with E-state index >= 15 is 0 Å². The summed E-state index contributed by atoms with van der Waals surface area (Å²) in [5.74, 6) is -0.00510. The van der Waals surface area contributed by atoms with Gasteiger partial charge in [-0.15, -0.1) is 0 Å². The lowest BCUT2D eigenvalue weighted by Crippen LogP contribution is -2.27. The molecular weight excluding hydrogens is 386 g/mol. The zero-order valence-electron chi connectivity index (χ0n) is 15.0. The van der Waals surface area contributed by atoms with E-state index in [1.54, 1.807) is 24.3 Å². The molecular formula is C19H17NO7S. The summed E-state index contributed by atoms with van der Waals surface area (Å²) in [6.45, 7) is 0.0359. The number of nitrogens with zero attached hydrogens (tertiary/aromatic N) is 1. The van der Waals surface area contributed by atoms with Crippen molar-refractivity contribution in [3.05, 3.63) is 53.1 Å². The molecule has 0 unspecified atom stereocenters. The van der Waals surface area contributed by atoms with E-state index in [1.807, 2.05) is 0 Å². The Kier molecular flexibility index (Phi) is 4.46. The molecule has 9 heteroatoms. The van der Waals surface area contributed by atoms with Gasteiger partial charge in [-0.2, -0.15) is 0 Å². The number of ketones is 1. The summed E-state index contributed by atoms with van der Waals surface area (Å²) in [5, 5.41) is 0. The van der Waals surface area contributed by atoms with Crippen LogP contribution >= 0.6 is 0 Å². The standard InChI is InChI=1S/C19H17NO7S/c1-28(23,24)20-7-6-12-8-13(2-4-15(12)20)16(21)10-25-19(22)14-3-5-17-18(9-14)27-11-26-17/h2-5,8-9H,6-7,10-11H2,1H3. The third-order valence-electron chi connectivity index (χ3n) is 4.60. The van der Waals surface area contributed by atoms with Crippen LogP contribution in [0.15, 0.2) is 36.4 Å². The van der Waals surface area contributed by atoms with E-state index in [0.29, 0.717) is 35.7 Å². The maximum Gasteiger partial charge on any atom is 0.338 e. The van der Waals surface area contributed by atoms with Gasteiger partial charge in [0.25, 0.3) is 0 Å². The number of ether oxygens (including phenoxy) is 3. The fourth-order valence-corrected chi connectivity index (χ4v) is 4.17. The van der Waals surface area contributed by atoms with Gasteiger partial charge in [0, 0.05) is 12.1 Å². The quantitative estimate of drug-likeness (QED) is 0.554. The largest absolute Gasteiger partial charge is 0.454 e. The van der Waals surface area contributed by atoms with E-state index in [2.05, 4.69) is 0 Å². The van der Waals surface area contributed by atoms with E-state index in [1.165, 1.54) is 16.4 Å². The van der Waals surface area contributed by atoms with E-state index in [4.69, 9.17) is 14.2 Å². The van der Waals surface area contributed by atoms with Crippen LogP contribution in [0.25, 0.3) is 0 Å². The highest BCUT2D eigenvalue weighted by Gasteiger charge is 2.27. The summed E-state index contributed by atoms with van der Waals surface area (Å²) in [6, 6.07) is 9.45. The Bertz CT molecular complexity index is 1080. The Morgan fingerprint density at radius 1 is 1.07 bits per heavy atom. The molecule has 28 heavy (non-hydrogen) atoms. The van der Waals surface area contributed by atoms with Gasteiger partial charge < -0.3 is 14.2 Å². The van der Waals surface area contributed by atoms with Crippen molar-refractivity contribution in [3.8, 4) is 11.5 Å². The van der Waals surface area contributed by atoms with E-state index in [9.17, 15) is 18.0 Å². The Morgan fingerprint density at radius 2 is 1.82 bits per heavy atom. The Hall–Kier alpha value is -3.07. The van der Waals surface area contributed by atoms with Crippen molar-refractivity contribution in [1.82, 2.24) is 0 Å². The van der Waals surface area contributed by atoms with Gasteiger partial charge >= 0.3 is 5.97 Å². The van der Waals surface area contributed by atoms with Gasteiger partial charge in [0.15, 0.2) is 23.9 Å². The molecule has 2 aromatic rings. The van der Waals surface area contributed by atoms with Crippen molar-refractivity contribution in [3.63, 3.8) is 0 Å². The van der Waals surface area contributed by atoms with Crippen LogP contribution in [-0.2, 0) is 21.2 Å². The normalized spacial score (nSPS) is 14.7. The smallest absolute Gasteiger partial charge is 0.338 e. The number of hydrogen-bond donors (Lipinski definition) is 0. The van der Waals surface area contributed by atoms with Gasteiger partial charge in [0.2, 0.25) is 16.8 Å². The number of carbonyl (C=O) groups excluding carboxylic acids is 2. The van der Waals surface area contributed by atoms with E-state index in [0.717, 1.165) is 11.8 Å². The highest BCUT2D eigenvalue weighted by Crippen LogP contribution is 2.33. The lowest BCUT2D eigenvalue weighted by Gasteiger charge is -2.16. The third-order valence-corrected chi connectivity index (χ3v) is 5.78. The predicted molar refractivity (Wildman–Crippen MR) is 99.5 cm³/mol. The van der Waals surface area contributed by atoms with Crippen LogP contribution in [0.3, 0.4) is 0 Å². The summed E-state index contributed by atoms with van der Waals surface area (Å²) in [5.41, 5.74) is 1.98. The number of carbonyl (C=O) groups is 2. The minimum absolute atomic E-state index is 0.0986. The summed E-state index contributed by atoms with van der Waals surface area (Å²) in [7, 11) is -3.35. The molecule has 0 aliphatic carbocycles. The number of rotatable bonds is 5. The average molecular weight is 403 g/mol. The number of fused-ring (bicyclic) bond motifs is 2. The zero-order chi connectivity index (χ0) is 19.9. The zero-order valence-corrected chi connectivity index (χ0v) is 15.8. The van der Waals surface area contributed by atoms with Crippen LogP contribution in [0.4, 0.5) is 5.69 Å². The molecule has 0 saturated heterocycles. The Balaban J connectivity index is 1.43. The van der Waals surface area contributed by atoms with Crippen LogP contribution < -0.4 is 13.8 Å². The molecule has 0 aromatic heterocycles. The molecule has 0 amide bonds. The van der Waals surface area contributed by atoms with Crippen LogP contribution in [-0.4, -0.2) is 46.4 Å². The number of Topliss-reactive ketones (excluding diaryl/α,β-unsaturated/α-hetero) is 1. The second kappa shape index (κ2) is 6.83. The third kappa shape index (κ3) is 3.40. The molecule has 0 atom stereocenters. The molecule has 2 aliphatic rings. The molecule has 2 aromatic carbocycles. The molecule has 0 spiro atoms. The van der Waals surface area contributed by atoms with Crippen LogP contribution in [0.1, 0.15) is 26.3 Å². The van der Waals surface area contributed by atoms with Crippen LogP contribution in [0, 0.1) is 0 Å². The lowest BCUT2D eigenvalue weighted by molar-refractivity contribution is 0.0474. The number of hydrogen-bond acceptors (Lipinski definition) is 7. The first-order valence-corrected chi connectivity index (χ1v) is 10.4. The first-order valence-electron chi connectivity index (χ1n) is 8.53. The summed E-state index contributed by atoms with van der Waals surface area (Å²) in [4.78, 5) is 24.6. The number of sulfonamides is 1. The predicted octanol–water partition coefficient (Wildman–Crippen LogP) is 1.78. The fourth-order valence-electron chi connectivity index (χ4n) is 3.21. The van der Waals surface area contributed by atoms with Gasteiger partial charge in [-0.25, -0.2) is 13.2 Å². The molecule has 2 heterocycles. The van der Waals surface area contributed by atoms with Crippen molar-refractivity contribution in [2.45, 2.75) is 6.42 Å². The minimum atomic E-state index is -3.35. The Morgan fingerprint density at radius 3 is 2.61 bits per heavy atom. The fraction of sp³-hybridized carbons (Fsp3) is 0.263. The molecule has 0 saturated carbocycles. The van der Waals surface area contributed by atoms with Crippen molar-refractivity contribution in [2.75, 3.05) is 30.5 Å². The molecule has 0 bridgehead atoms. The molecule has 0 N–H and O–H groups in total. The first-order chi connectivity index (χ1) is 13.3. The molecule has 4 rings (SSSR count). The molecule has 8 nitrogen and oxygen atoms in total. The van der Waals surface area contributed by atoms with Gasteiger partial charge in [-0.05, 0) is 48.4 Å². The van der Waals surface area contributed by atoms with Crippen molar-refractivity contribution in [2.24, 2.45) is 0 Å². The number of benzene rings is 2. The van der Waals surface area contributed by atoms with Crippen molar-refractivity contribution in [1.29, 1.82) is 0 Å². The summed E-state index contributed by atoms with van der Waals surface area (Å²) < 4.78 is 40.4. The van der Waals surface area contributed by atoms with Gasteiger partial charge in [0.1, 0.15) is 0 Å². The lowest BCUT2D eigenvalue weighted by atomic mass is 10.1. The maximum atomic E-state index is 12.4. The second-order valence-corrected chi connectivity index (χ2v) is 8.40.